The van der Waals surface area contributed by atoms with Gasteiger partial charge >= 0.3 is 5.97 Å². The Balaban J connectivity index is 2.05. The molecule has 9 nitrogen and oxygen atoms in total. The number of sulfone groups is 2. The molecule has 3 aromatic heterocycles. The van der Waals surface area contributed by atoms with Crippen LogP contribution in [0.4, 0.5) is 5.69 Å². The second-order valence-electron chi connectivity index (χ2n) is 5.71. The van der Waals surface area contributed by atoms with E-state index in [1.165, 1.54) is 40.3 Å². The summed E-state index contributed by atoms with van der Waals surface area (Å²) in [6, 6.07) is 7.68. The molecule has 0 spiro atoms. The zero-order valence-electron chi connectivity index (χ0n) is 15.6. The van der Waals surface area contributed by atoms with Gasteiger partial charge in [-0.15, -0.1) is 34.0 Å². The van der Waals surface area contributed by atoms with Crippen molar-refractivity contribution in [2.45, 2.75) is 14.9 Å². The standard InChI is InChI=1S/C17H13N3O6S5/c1-26-17(21)16-15(12(9-29-16)30(22,23)10-11-4-2-6-27-11)20-19-13(8-18)31(24,25)14-5-3-7-28-14/h2-7,9,20H,10H2,1H3/b19-13-. The molecule has 0 aliphatic carbocycles. The highest BCUT2D eigenvalue weighted by molar-refractivity contribution is 8.08. The molecular formula is C17H13N3O6S5. The first kappa shape index (κ1) is 23.1. The summed E-state index contributed by atoms with van der Waals surface area (Å²) in [4.78, 5) is 12.3. The van der Waals surface area contributed by atoms with Gasteiger partial charge in [0.15, 0.2) is 9.84 Å². The molecule has 0 aromatic carbocycles. The number of methoxy groups -OCH3 is 1. The normalized spacial score (nSPS) is 12.3. The molecule has 0 saturated heterocycles. The van der Waals surface area contributed by atoms with Gasteiger partial charge in [-0.2, -0.15) is 10.4 Å². The van der Waals surface area contributed by atoms with E-state index in [2.05, 4.69) is 15.3 Å². The highest BCUT2D eigenvalue weighted by Gasteiger charge is 2.29. The SMILES string of the molecule is COC(=O)c1scc(S(=O)(=O)Cc2cccs2)c1N/N=C(/C#N)S(=O)(=O)c1cccs1. The van der Waals surface area contributed by atoms with Gasteiger partial charge in [-0.25, -0.2) is 21.6 Å². The van der Waals surface area contributed by atoms with Crippen molar-refractivity contribution in [1.82, 2.24) is 0 Å². The molecule has 0 fully saturated rings. The molecule has 0 atom stereocenters. The molecule has 3 heterocycles. The van der Waals surface area contributed by atoms with Crippen LogP contribution in [0.1, 0.15) is 14.5 Å². The number of nitrogens with zero attached hydrogens (tertiary/aromatic N) is 2. The Morgan fingerprint density at radius 3 is 2.45 bits per heavy atom. The monoisotopic (exact) mass is 515 g/mol. The smallest absolute Gasteiger partial charge is 0.350 e. The van der Waals surface area contributed by atoms with Crippen molar-refractivity contribution in [3.63, 3.8) is 0 Å². The van der Waals surface area contributed by atoms with Crippen LogP contribution in [0.3, 0.4) is 0 Å². The molecule has 3 rings (SSSR count). The van der Waals surface area contributed by atoms with E-state index < -0.39 is 30.7 Å². The third-order valence-electron chi connectivity index (χ3n) is 3.75. The second kappa shape index (κ2) is 9.28. The topological polar surface area (TPSA) is 143 Å². The summed E-state index contributed by atoms with van der Waals surface area (Å²) in [5.41, 5.74) is 2.06. The molecule has 0 amide bonds. The molecule has 0 bridgehead atoms. The molecule has 0 aliphatic heterocycles. The first-order chi connectivity index (χ1) is 14.7. The molecule has 31 heavy (non-hydrogen) atoms. The minimum Gasteiger partial charge on any atom is -0.465 e. The van der Waals surface area contributed by atoms with Crippen LogP contribution in [0.2, 0.25) is 0 Å². The number of rotatable bonds is 7. The van der Waals surface area contributed by atoms with Crippen molar-refractivity contribution in [3.8, 4) is 6.07 Å². The van der Waals surface area contributed by atoms with Crippen LogP contribution in [0.25, 0.3) is 0 Å². The zero-order valence-corrected chi connectivity index (χ0v) is 19.7. The lowest BCUT2D eigenvalue weighted by Gasteiger charge is -2.07. The van der Waals surface area contributed by atoms with Gasteiger partial charge in [0.1, 0.15) is 25.7 Å². The highest BCUT2D eigenvalue weighted by Crippen LogP contribution is 2.35. The predicted octanol–water partition coefficient (Wildman–Crippen LogP) is 3.35. The first-order valence-corrected chi connectivity index (χ1v) is 14.0. The van der Waals surface area contributed by atoms with Crippen LogP contribution in [-0.4, -0.2) is 35.0 Å². The predicted molar refractivity (Wildman–Crippen MR) is 119 cm³/mol. The molecule has 162 valence electrons. The van der Waals surface area contributed by atoms with Gasteiger partial charge in [0.25, 0.3) is 5.04 Å². The second-order valence-corrected chi connectivity index (χ2v) is 12.6. The van der Waals surface area contributed by atoms with E-state index in [0.29, 0.717) is 4.88 Å². The number of anilines is 1. The number of nitrogens with one attached hydrogen (secondary N) is 1. The van der Waals surface area contributed by atoms with Crippen LogP contribution in [0, 0.1) is 11.3 Å². The number of carbonyl (C=O) groups is 1. The van der Waals surface area contributed by atoms with Crippen LogP contribution in [-0.2, 0) is 30.2 Å². The van der Waals surface area contributed by atoms with E-state index in [1.807, 2.05) is 0 Å². The lowest BCUT2D eigenvalue weighted by atomic mass is 10.4. The van der Waals surface area contributed by atoms with E-state index >= 15 is 0 Å². The summed E-state index contributed by atoms with van der Waals surface area (Å²) in [5.74, 6) is -1.15. The summed E-state index contributed by atoms with van der Waals surface area (Å²) in [6.45, 7) is 0. The molecule has 0 saturated carbocycles. The van der Waals surface area contributed by atoms with Gasteiger partial charge < -0.3 is 4.74 Å². The van der Waals surface area contributed by atoms with E-state index in [9.17, 15) is 26.9 Å². The lowest BCUT2D eigenvalue weighted by Crippen LogP contribution is -2.15. The molecule has 3 aromatic rings. The van der Waals surface area contributed by atoms with E-state index in [0.717, 1.165) is 29.8 Å². The number of carbonyl (C=O) groups excluding carboxylic acids is 1. The third kappa shape index (κ3) is 4.86. The number of thiophene rings is 3. The Hall–Kier alpha value is -2.57. The fraction of sp³-hybridized carbons (Fsp3) is 0.118. The average Bonchev–Trinajstić information content (AvgIpc) is 3.48. The summed E-state index contributed by atoms with van der Waals surface area (Å²) in [5, 5.41) is 16.6. The zero-order chi connectivity index (χ0) is 22.6. The molecule has 14 heteroatoms. The Labute approximate surface area is 190 Å². The summed E-state index contributed by atoms with van der Waals surface area (Å²) in [7, 11) is -7.00. The van der Waals surface area contributed by atoms with Crippen molar-refractivity contribution in [1.29, 1.82) is 5.26 Å². The maximum atomic E-state index is 12.9. The van der Waals surface area contributed by atoms with Gasteiger partial charge in [0.05, 0.1) is 12.9 Å². The van der Waals surface area contributed by atoms with Crippen LogP contribution in [0.5, 0.6) is 0 Å². The largest absolute Gasteiger partial charge is 0.465 e. The molecule has 0 radical (unpaired) electrons. The Kier molecular flexibility index (Phi) is 6.92. The van der Waals surface area contributed by atoms with Gasteiger partial charge in [-0.1, -0.05) is 12.1 Å². The van der Waals surface area contributed by atoms with Crippen LogP contribution < -0.4 is 5.43 Å². The first-order valence-electron chi connectivity index (χ1n) is 8.18. The molecule has 0 unspecified atom stereocenters. The Bertz CT molecular complexity index is 1360. The van der Waals surface area contributed by atoms with Gasteiger partial charge in [0, 0.05) is 10.3 Å². The maximum absolute atomic E-state index is 12.9. The summed E-state index contributed by atoms with van der Waals surface area (Å²) in [6.07, 6.45) is 0. The maximum Gasteiger partial charge on any atom is 0.350 e. The van der Waals surface area contributed by atoms with Gasteiger partial charge in [0.2, 0.25) is 9.84 Å². The third-order valence-corrected chi connectivity index (χ3v) is 10.6. The van der Waals surface area contributed by atoms with E-state index in [1.54, 1.807) is 17.5 Å². The number of hydrazone groups is 1. The number of ether oxygens (including phenoxy) is 1. The molecule has 0 aliphatic rings. The van der Waals surface area contributed by atoms with E-state index in [-0.39, 0.29) is 25.4 Å². The van der Waals surface area contributed by atoms with Crippen LogP contribution in [0.15, 0.2) is 54.6 Å². The number of hydrogen-bond acceptors (Lipinski definition) is 12. The van der Waals surface area contributed by atoms with Crippen molar-refractivity contribution in [2.24, 2.45) is 5.10 Å². The lowest BCUT2D eigenvalue weighted by molar-refractivity contribution is 0.0607. The van der Waals surface area contributed by atoms with Crippen molar-refractivity contribution in [2.75, 3.05) is 12.5 Å². The minimum absolute atomic E-state index is 0.0985. The minimum atomic E-state index is -4.20. The highest BCUT2D eigenvalue weighted by atomic mass is 32.2. The van der Waals surface area contributed by atoms with E-state index in [4.69, 9.17) is 0 Å². The van der Waals surface area contributed by atoms with Crippen LogP contribution >= 0.6 is 34.0 Å². The molecular weight excluding hydrogens is 503 g/mol. The quantitative estimate of drug-likeness (QED) is 0.218. The van der Waals surface area contributed by atoms with Crippen molar-refractivity contribution in [3.05, 3.63) is 50.2 Å². The van der Waals surface area contributed by atoms with Gasteiger partial charge in [-0.05, 0) is 22.9 Å². The number of esters is 1. The van der Waals surface area contributed by atoms with Crippen molar-refractivity contribution >= 4 is 70.4 Å². The number of hydrogen-bond donors (Lipinski definition) is 1. The van der Waals surface area contributed by atoms with Gasteiger partial charge in [-0.3, -0.25) is 5.43 Å². The summed E-state index contributed by atoms with van der Waals surface area (Å²) >= 11 is 2.96. The average molecular weight is 516 g/mol. The Morgan fingerprint density at radius 1 is 1.16 bits per heavy atom. The Morgan fingerprint density at radius 2 is 1.87 bits per heavy atom. The number of nitriles is 1. The molecule has 1 N–H and O–H groups in total. The van der Waals surface area contributed by atoms with Crippen molar-refractivity contribution < 1.29 is 26.4 Å². The fourth-order valence-corrected chi connectivity index (χ4v) is 8.34. The fourth-order valence-electron chi connectivity index (χ4n) is 2.34. The summed E-state index contributed by atoms with van der Waals surface area (Å²) < 4.78 is 55.6.